The van der Waals surface area contributed by atoms with Gasteiger partial charge in [0.25, 0.3) is 5.91 Å². The third kappa shape index (κ3) is 3.63. The average Bonchev–Trinajstić information content (AvgIpc) is 3.53. The van der Waals surface area contributed by atoms with E-state index in [-0.39, 0.29) is 5.92 Å². The molecule has 0 spiro atoms. The molecule has 2 aliphatic rings. The number of carbonyl (C=O) groups is 1. The summed E-state index contributed by atoms with van der Waals surface area (Å²) >= 11 is 0. The minimum Gasteiger partial charge on any atom is -0.489 e. The molecular formula is C26H30N4O4. The molecule has 4 atom stereocenters. The molecule has 2 saturated heterocycles. The number of fused-ring (bicyclic) bond motifs is 2. The van der Waals surface area contributed by atoms with Crippen LogP contribution in [0.3, 0.4) is 0 Å². The zero-order valence-corrected chi connectivity index (χ0v) is 19.4. The Morgan fingerprint density at radius 2 is 2.00 bits per heavy atom. The van der Waals surface area contributed by atoms with Gasteiger partial charge in [-0.25, -0.2) is 5.48 Å². The number of ether oxygens (including phenoxy) is 1. The molecule has 0 saturated carbocycles. The molecule has 3 aromatic rings. The van der Waals surface area contributed by atoms with Crippen LogP contribution in [0.15, 0.2) is 60.8 Å². The van der Waals surface area contributed by atoms with Crippen LogP contribution >= 0.6 is 0 Å². The number of amides is 1. The second-order valence-electron chi connectivity index (χ2n) is 9.57. The number of hydroxylamine groups is 3. The molecule has 4 N–H and O–H groups in total. The smallest absolute Gasteiger partial charge is 0.251 e. The van der Waals surface area contributed by atoms with Gasteiger partial charge in [-0.05, 0) is 48.6 Å². The Morgan fingerprint density at radius 1 is 1.24 bits per heavy atom. The number of pyridine rings is 1. The van der Waals surface area contributed by atoms with Crippen LogP contribution in [0, 0.1) is 11.8 Å². The molecule has 5 rings (SSSR count). The molecule has 178 valence electrons. The summed E-state index contributed by atoms with van der Waals surface area (Å²) in [6.45, 7) is 5.11. The maximum Gasteiger partial charge on any atom is 0.251 e. The van der Waals surface area contributed by atoms with Crippen molar-refractivity contribution in [3.8, 4) is 5.75 Å². The molecule has 34 heavy (non-hydrogen) atoms. The molecule has 0 aliphatic carbocycles. The van der Waals surface area contributed by atoms with Crippen LogP contribution in [0.25, 0.3) is 10.9 Å². The molecule has 8 heteroatoms. The van der Waals surface area contributed by atoms with Gasteiger partial charge in [0.15, 0.2) is 5.72 Å². The van der Waals surface area contributed by atoms with Crippen molar-refractivity contribution in [2.45, 2.75) is 44.6 Å². The summed E-state index contributed by atoms with van der Waals surface area (Å²) in [5.41, 5.74) is 9.80. The second kappa shape index (κ2) is 8.63. The van der Waals surface area contributed by atoms with Crippen LogP contribution in [0.4, 0.5) is 0 Å². The fraction of sp³-hybridized carbons (Fsp3) is 0.385. The van der Waals surface area contributed by atoms with Crippen LogP contribution in [-0.2, 0) is 21.8 Å². The fourth-order valence-electron chi connectivity index (χ4n) is 5.30. The Kier molecular flexibility index (Phi) is 5.77. The molecule has 4 unspecified atom stereocenters. The third-order valence-corrected chi connectivity index (χ3v) is 7.05. The first-order chi connectivity index (χ1) is 16.4. The Hall–Kier alpha value is -3.04. The number of para-hydroxylation sites is 1. The predicted molar refractivity (Wildman–Crippen MR) is 126 cm³/mol. The molecule has 1 amide bonds. The SMILES string of the molecule is CC(C)CC(C(=O)NO)C12ON1CCC2(N)c1ccc(OCc2ccnc3ccccc23)cc1. The van der Waals surface area contributed by atoms with E-state index in [1.807, 2.05) is 73.9 Å². The molecule has 2 aliphatic heterocycles. The summed E-state index contributed by atoms with van der Waals surface area (Å²) in [5, 5.41) is 12.2. The monoisotopic (exact) mass is 462 g/mol. The summed E-state index contributed by atoms with van der Waals surface area (Å²) in [4.78, 5) is 23.0. The van der Waals surface area contributed by atoms with E-state index in [0.29, 0.717) is 26.0 Å². The lowest BCUT2D eigenvalue weighted by Crippen LogP contribution is -2.56. The molecular weight excluding hydrogens is 432 g/mol. The molecule has 2 aromatic carbocycles. The van der Waals surface area contributed by atoms with Crippen molar-refractivity contribution in [3.05, 3.63) is 71.9 Å². The molecule has 0 radical (unpaired) electrons. The van der Waals surface area contributed by atoms with E-state index >= 15 is 0 Å². The van der Waals surface area contributed by atoms with Gasteiger partial charge in [-0.3, -0.25) is 19.8 Å². The van der Waals surface area contributed by atoms with E-state index < -0.39 is 23.1 Å². The number of aromatic nitrogens is 1. The zero-order valence-electron chi connectivity index (χ0n) is 19.4. The zero-order chi connectivity index (χ0) is 23.9. The van der Waals surface area contributed by atoms with Crippen molar-refractivity contribution < 1.29 is 19.6 Å². The summed E-state index contributed by atoms with van der Waals surface area (Å²) < 4.78 is 6.06. The van der Waals surface area contributed by atoms with Gasteiger partial charge >= 0.3 is 0 Å². The lowest BCUT2D eigenvalue weighted by molar-refractivity contribution is -0.137. The second-order valence-corrected chi connectivity index (χ2v) is 9.57. The van der Waals surface area contributed by atoms with Crippen molar-refractivity contribution >= 4 is 16.8 Å². The van der Waals surface area contributed by atoms with E-state index in [0.717, 1.165) is 27.8 Å². The summed E-state index contributed by atoms with van der Waals surface area (Å²) in [6, 6.07) is 17.6. The van der Waals surface area contributed by atoms with Gasteiger partial charge in [-0.1, -0.05) is 44.2 Å². The number of hydrogen-bond donors (Lipinski definition) is 3. The minimum absolute atomic E-state index is 0.229. The molecule has 3 heterocycles. The largest absolute Gasteiger partial charge is 0.489 e. The quantitative estimate of drug-likeness (QED) is 0.267. The van der Waals surface area contributed by atoms with Gasteiger partial charge in [-0.15, -0.1) is 0 Å². The maximum absolute atomic E-state index is 12.6. The number of nitrogens with one attached hydrogen (secondary N) is 1. The highest BCUT2D eigenvalue weighted by atomic mass is 16.9. The van der Waals surface area contributed by atoms with Gasteiger partial charge < -0.3 is 10.5 Å². The van der Waals surface area contributed by atoms with Crippen molar-refractivity contribution in [1.29, 1.82) is 0 Å². The van der Waals surface area contributed by atoms with Gasteiger partial charge in [0.05, 0.1) is 17.0 Å². The van der Waals surface area contributed by atoms with E-state index in [4.69, 9.17) is 15.3 Å². The highest BCUT2D eigenvalue weighted by Crippen LogP contribution is 2.60. The number of nitrogens with two attached hydrogens (primary N) is 1. The summed E-state index contributed by atoms with van der Waals surface area (Å²) in [5.74, 6) is -0.119. The molecule has 2 fully saturated rings. The Balaban J connectivity index is 1.36. The van der Waals surface area contributed by atoms with Crippen LogP contribution in [0.2, 0.25) is 0 Å². The van der Waals surface area contributed by atoms with Gasteiger partial charge in [0.2, 0.25) is 0 Å². The third-order valence-electron chi connectivity index (χ3n) is 7.05. The highest BCUT2D eigenvalue weighted by molar-refractivity contribution is 5.81. The van der Waals surface area contributed by atoms with Crippen LogP contribution < -0.4 is 16.0 Å². The number of benzene rings is 2. The summed E-state index contributed by atoms with van der Waals surface area (Å²) in [6.07, 6.45) is 2.98. The van der Waals surface area contributed by atoms with Crippen LogP contribution in [0.5, 0.6) is 5.75 Å². The molecule has 0 bridgehead atoms. The maximum atomic E-state index is 12.6. The first-order valence-electron chi connectivity index (χ1n) is 11.6. The standard InChI is InChI=1S/C26H30N4O4/c1-17(2)15-22(24(31)29-32)26-25(27,12-14-30(26)34-26)19-7-9-20(10-8-19)33-16-18-11-13-28-23-6-4-3-5-21(18)23/h3-11,13,17,22,32H,12,14-16,27H2,1-2H3,(H,29,31). The first-order valence-corrected chi connectivity index (χ1v) is 11.6. The lowest BCUT2D eigenvalue weighted by Gasteiger charge is -2.35. The Morgan fingerprint density at radius 3 is 2.71 bits per heavy atom. The Bertz CT molecular complexity index is 1200. The lowest BCUT2D eigenvalue weighted by atomic mass is 9.73. The van der Waals surface area contributed by atoms with Gasteiger partial charge in [-0.2, -0.15) is 5.06 Å². The van der Waals surface area contributed by atoms with Crippen molar-refractivity contribution in [2.24, 2.45) is 17.6 Å². The highest BCUT2D eigenvalue weighted by Gasteiger charge is 2.76. The fourth-order valence-corrected chi connectivity index (χ4v) is 5.30. The minimum atomic E-state index is -0.970. The van der Waals surface area contributed by atoms with Crippen LogP contribution in [-0.4, -0.2) is 33.4 Å². The first kappa shape index (κ1) is 22.7. The molecule has 8 nitrogen and oxygen atoms in total. The van der Waals surface area contributed by atoms with Crippen molar-refractivity contribution in [1.82, 2.24) is 15.5 Å². The average molecular weight is 463 g/mol. The van der Waals surface area contributed by atoms with E-state index in [1.54, 1.807) is 11.3 Å². The molecule has 1 aromatic heterocycles. The predicted octanol–water partition coefficient (Wildman–Crippen LogP) is 3.48. The van der Waals surface area contributed by atoms with E-state index in [2.05, 4.69) is 4.98 Å². The number of nitrogens with zero attached hydrogens (tertiary/aromatic N) is 2. The van der Waals surface area contributed by atoms with E-state index in [9.17, 15) is 10.0 Å². The van der Waals surface area contributed by atoms with Crippen LogP contribution in [0.1, 0.15) is 37.8 Å². The number of hydrogen-bond acceptors (Lipinski definition) is 7. The Labute approximate surface area is 198 Å². The number of rotatable bonds is 8. The number of carbonyl (C=O) groups excluding carboxylic acids is 1. The van der Waals surface area contributed by atoms with Gasteiger partial charge in [0, 0.05) is 23.7 Å². The normalized spacial score (nSPS) is 26.3. The summed E-state index contributed by atoms with van der Waals surface area (Å²) in [7, 11) is 0. The van der Waals surface area contributed by atoms with E-state index in [1.165, 1.54) is 0 Å². The topological polar surface area (TPSA) is 113 Å². The van der Waals surface area contributed by atoms with Crippen molar-refractivity contribution in [2.75, 3.05) is 6.54 Å². The van der Waals surface area contributed by atoms with Gasteiger partial charge in [0.1, 0.15) is 12.4 Å². The van der Waals surface area contributed by atoms with Crippen molar-refractivity contribution in [3.63, 3.8) is 0 Å².